The molecule has 7 nitrogen and oxygen atoms in total. The molecule has 29 heavy (non-hydrogen) atoms. The van der Waals surface area contributed by atoms with E-state index in [2.05, 4.69) is 15.3 Å². The third kappa shape index (κ3) is 3.70. The first kappa shape index (κ1) is 18.4. The minimum absolute atomic E-state index is 0.456. The number of pyridine rings is 1. The summed E-state index contributed by atoms with van der Waals surface area (Å²) in [5, 5.41) is 4.22. The highest BCUT2D eigenvalue weighted by atomic mass is 16.5. The van der Waals surface area contributed by atoms with E-state index < -0.39 is 5.91 Å². The predicted octanol–water partition coefficient (Wildman–Crippen LogP) is 4.09. The lowest BCUT2D eigenvalue weighted by Crippen LogP contribution is -2.10. The largest absolute Gasteiger partial charge is 0.497 e. The van der Waals surface area contributed by atoms with E-state index in [1.165, 1.54) is 0 Å². The topological polar surface area (TPSA) is 102 Å². The number of methoxy groups -OCH3 is 2. The maximum absolute atomic E-state index is 11.2. The van der Waals surface area contributed by atoms with Crippen LogP contribution in [0.3, 0.4) is 0 Å². The van der Waals surface area contributed by atoms with Crippen molar-refractivity contribution in [3.63, 3.8) is 0 Å². The molecule has 0 bridgehead atoms. The van der Waals surface area contributed by atoms with Gasteiger partial charge in [0.2, 0.25) is 5.91 Å². The number of rotatable bonds is 6. The Morgan fingerprint density at radius 1 is 1.00 bits per heavy atom. The summed E-state index contributed by atoms with van der Waals surface area (Å²) < 4.78 is 10.7. The molecule has 0 fully saturated rings. The molecule has 0 saturated heterocycles. The average molecular weight is 388 g/mol. The predicted molar refractivity (Wildman–Crippen MR) is 113 cm³/mol. The molecule has 2 aromatic heterocycles. The van der Waals surface area contributed by atoms with Crippen LogP contribution in [0.25, 0.3) is 22.2 Å². The van der Waals surface area contributed by atoms with Crippen molar-refractivity contribution in [3.05, 3.63) is 66.4 Å². The molecule has 146 valence electrons. The number of nitrogens with one attached hydrogen (secondary N) is 2. The van der Waals surface area contributed by atoms with Gasteiger partial charge in [0.05, 0.1) is 19.7 Å². The van der Waals surface area contributed by atoms with Crippen LogP contribution >= 0.6 is 0 Å². The van der Waals surface area contributed by atoms with Crippen molar-refractivity contribution >= 4 is 28.3 Å². The highest BCUT2D eigenvalue weighted by Crippen LogP contribution is 2.33. The number of carbonyl (C=O) groups excluding carboxylic acids is 1. The molecular weight excluding hydrogens is 368 g/mol. The lowest BCUT2D eigenvalue weighted by atomic mass is 10.1. The molecule has 0 radical (unpaired) electrons. The van der Waals surface area contributed by atoms with Gasteiger partial charge >= 0.3 is 0 Å². The van der Waals surface area contributed by atoms with E-state index in [0.29, 0.717) is 22.9 Å². The molecule has 4 rings (SSSR count). The standard InChI is InChI=1S/C22H20N4O3/c1-28-16-9-14(10-17(11-16)29-2)20-12-18-19(26-20)7-8-24-22(18)25-15-5-3-13(4-6-15)21(23)27/h3-12,26H,1-2H3,(H2,23,27)(H,24,25). The summed E-state index contributed by atoms with van der Waals surface area (Å²) >= 11 is 0. The van der Waals surface area contributed by atoms with Gasteiger partial charge in [-0.2, -0.15) is 0 Å². The van der Waals surface area contributed by atoms with E-state index in [0.717, 1.165) is 27.8 Å². The van der Waals surface area contributed by atoms with Gasteiger partial charge < -0.3 is 25.5 Å². The molecule has 0 saturated carbocycles. The van der Waals surface area contributed by atoms with Crippen molar-refractivity contribution in [2.75, 3.05) is 19.5 Å². The Morgan fingerprint density at radius 2 is 1.69 bits per heavy atom. The van der Waals surface area contributed by atoms with Crippen molar-refractivity contribution < 1.29 is 14.3 Å². The van der Waals surface area contributed by atoms with Crippen molar-refractivity contribution in [1.82, 2.24) is 9.97 Å². The van der Waals surface area contributed by atoms with Crippen LogP contribution in [0.4, 0.5) is 11.5 Å². The second-order valence-electron chi connectivity index (χ2n) is 6.47. The Bertz CT molecular complexity index is 1160. The van der Waals surface area contributed by atoms with Crippen LogP contribution in [-0.4, -0.2) is 30.1 Å². The van der Waals surface area contributed by atoms with Crippen LogP contribution in [-0.2, 0) is 0 Å². The number of primary amides is 1. The highest BCUT2D eigenvalue weighted by Gasteiger charge is 2.11. The Hall–Kier alpha value is -4.00. The maximum Gasteiger partial charge on any atom is 0.248 e. The smallest absolute Gasteiger partial charge is 0.248 e. The molecule has 0 atom stereocenters. The summed E-state index contributed by atoms with van der Waals surface area (Å²) in [6.07, 6.45) is 1.73. The van der Waals surface area contributed by atoms with Gasteiger partial charge in [-0.25, -0.2) is 4.98 Å². The number of aromatic nitrogens is 2. The number of benzene rings is 2. The molecule has 0 aliphatic rings. The van der Waals surface area contributed by atoms with Crippen LogP contribution in [0.15, 0.2) is 60.8 Å². The minimum atomic E-state index is -0.458. The molecule has 7 heteroatoms. The number of fused-ring (bicyclic) bond motifs is 1. The van der Waals surface area contributed by atoms with E-state index in [4.69, 9.17) is 15.2 Å². The third-order valence-corrected chi connectivity index (χ3v) is 4.64. The maximum atomic E-state index is 11.2. The minimum Gasteiger partial charge on any atom is -0.497 e. The van der Waals surface area contributed by atoms with Gasteiger partial charge in [0.1, 0.15) is 17.3 Å². The monoisotopic (exact) mass is 388 g/mol. The van der Waals surface area contributed by atoms with Crippen LogP contribution in [0, 0.1) is 0 Å². The van der Waals surface area contributed by atoms with Gasteiger partial charge in [-0.05, 0) is 48.5 Å². The van der Waals surface area contributed by atoms with Crippen molar-refractivity contribution in [3.8, 4) is 22.8 Å². The van der Waals surface area contributed by atoms with Gasteiger partial charge in [0.25, 0.3) is 0 Å². The summed E-state index contributed by atoms with van der Waals surface area (Å²) in [7, 11) is 3.25. The summed E-state index contributed by atoms with van der Waals surface area (Å²) in [6, 6.07) is 16.6. The molecule has 1 amide bonds. The second kappa shape index (κ2) is 7.55. The van der Waals surface area contributed by atoms with Crippen molar-refractivity contribution in [2.24, 2.45) is 5.73 Å². The van der Waals surface area contributed by atoms with Crippen LogP contribution < -0.4 is 20.5 Å². The fourth-order valence-electron chi connectivity index (χ4n) is 3.13. The molecule has 0 spiro atoms. The third-order valence-electron chi connectivity index (χ3n) is 4.64. The molecule has 0 aliphatic heterocycles. The number of hydrogen-bond acceptors (Lipinski definition) is 5. The average Bonchev–Trinajstić information content (AvgIpc) is 3.19. The summed E-state index contributed by atoms with van der Waals surface area (Å²) in [5.74, 6) is 1.67. The molecule has 4 aromatic rings. The number of nitrogens with two attached hydrogens (primary N) is 1. The zero-order valence-corrected chi connectivity index (χ0v) is 16.0. The van der Waals surface area contributed by atoms with Gasteiger partial charge in [0, 0.05) is 40.2 Å². The Balaban J connectivity index is 1.71. The van der Waals surface area contributed by atoms with Crippen LogP contribution in [0.5, 0.6) is 11.5 Å². The van der Waals surface area contributed by atoms with Crippen molar-refractivity contribution in [2.45, 2.75) is 0 Å². The van der Waals surface area contributed by atoms with Gasteiger partial charge in [0.15, 0.2) is 0 Å². The van der Waals surface area contributed by atoms with E-state index in [1.54, 1.807) is 44.7 Å². The Kier molecular flexibility index (Phi) is 4.78. The summed E-state index contributed by atoms with van der Waals surface area (Å²) in [6.45, 7) is 0. The quantitative estimate of drug-likeness (QED) is 0.462. The summed E-state index contributed by atoms with van der Waals surface area (Å²) in [5.41, 5.74) is 9.35. The van der Waals surface area contributed by atoms with Crippen LogP contribution in [0.1, 0.15) is 10.4 Å². The number of carbonyl (C=O) groups is 1. The molecule has 0 aliphatic carbocycles. The number of H-pyrrole nitrogens is 1. The Morgan fingerprint density at radius 3 is 2.31 bits per heavy atom. The number of aromatic amines is 1. The number of amides is 1. The second-order valence-corrected chi connectivity index (χ2v) is 6.47. The van der Waals surface area contributed by atoms with Crippen LogP contribution in [0.2, 0.25) is 0 Å². The first-order valence-electron chi connectivity index (χ1n) is 8.95. The van der Waals surface area contributed by atoms with E-state index in [-0.39, 0.29) is 0 Å². The molecule has 2 heterocycles. The zero-order valence-electron chi connectivity index (χ0n) is 16.0. The fourth-order valence-corrected chi connectivity index (χ4v) is 3.13. The van der Waals surface area contributed by atoms with Crippen molar-refractivity contribution in [1.29, 1.82) is 0 Å². The SMILES string of the molecule is COc1cc(OC)cc(-c2cc3c(Nc4ccc(C(N)=O)cc4)nccc3[nH]2)c1. The number of hydrogen-bond donors (Lipinski definition) is 3. The molecular formula is C22H20N4O3. The summed E-state index contributed by atoms with van der Waals surface area (Å²) in [4.78, 5) is 19.1. The number of anilines is 2. The zero-order chi connectivity index (χ0) is 20.4. The van der Waals surface area contributed by atoms with Gasteiger partial charge in [-0.15, -0.1) is 0 Å². The lowest BCUT2D eigenvalue weighted by Gasteiger charge is -2.07. The van der Waals surface area contributed by atoms with Gasteiger partial charge in [-0.1, -0.05) is 0 Å². The molecule has 2 aromatic carbocycles. The lowest BCUT2D eigenvalue weighted by molar-refractivity contribution is 0.100. The first-order valence-corrected chi connectivity index (χ1v) is 8.95. The van der Waals surface area contributed by atoms with E-state index >= 15 is 0 Å². The molecule has 4 N–H and O–H groups in total. The first-order chi connectivity index (χ1) is 14.1. The van der Waals surface area contributed by atoms with E-state index in [1.807, 2.05) is 30.3 Å². The van der Waals surface area contributed by atoms with Gasteiger partial charge in [-0.3, -0.25) is 4.79 Å². The fraction of sp³-hybridized carbons (Fsp3) is 0.0909. The number of nitrogens with zero attached hydrogens (tertiary/aromatic N) is 1. The van der Waals surface area contributed by atoms with E-state index in [9.17, 15) is 4.79 Å². The normalized spacial score (nSPS) is 10.7. The highest BCUT2D eigenvalue weighted by molar-refractivity contribution is 5.96. The Labute approximate surface area is 167 Å². The number of ether oxygens (including phenoxy) is 2. The molecule has 0 unspecified atom stereocenters.